The summed E-state index contributed by atoms with van der Waals surface area (Å²) in [6, 6.07) is 3.70. The fraction of sp³-hybridized carbons (Fsp3) is 0.500. The van der Waals surface area contributed by atoms with E-state index in [1.807, 2.05) is 33.8 Å². The van der Waals surface area contributed by atoms with Crippen LogP contribution in [0.3, 0.4) is 0 Å². The fourth-order valence-electron chi connectivity index (χ4n) is 1.31. The van der Waals surface area contributed by atoms with Crippen LogP contribution in [-0.2, 0) is 5.31 Å². The normalized spacial score (nSPS) is 10.5. The summed E-state index contributed by atoms with van der Waals surface area (Å²) < 4.78 is 0. The van der Waals surface area contributed by atoms with E-state index in [-0.39, 0.29) is 17.0 Å². The van der Waals surface area contributed by atoms with E-state index < -0.39 is 0 Å². The van der Waals surface area contributed by atoms with Crippen molar-refractivity contribution in [2.45, 2.75) is 32.0 Å². The van der Waals surface area contributed by atoms with E-state index in [2.05, 4.69) is 15.0 Å². The molecule has 1 aromatic rings. The van der Waals surface area contributed by atoms with E-state index >= 15 is 0 Å². The largest absolute Gasteiger partial charge is 0.236 e. The molecule has 0 aliphatic rings. The zero-order valence-corrected chi connectivity index (χ0v) is 9.65. The van der Waals surface area contributed by atoms with E-state index in [1.165, 1.54) is 0 Å². The van der Waals surface area contributed by atoms with Crippen molar-refractivity contribution in [1.82, 2.24) is 15.0 Å². The fourth-order valence-corrected chi connectivity index (χ4v) is 1.31. The van der Waals surface area contributed by atoms with Crippen molar-refractivity contribution in [3.05, 3.63) is 17.5 Å². The van der Waals surface area contributed by atoms with Gasteiger partial charge in [-0.2, -0.15) is 15.5 Å². The van der Waals surface area contributed by atoms with E-state index in [1.54, 1.807) is 0 Å². The van der Waals surface area contributed by atoms with Gasteiger partial charge in [-0.1, -0.05) is 26.7 Å². The molecule has 80 valence electrons. The minimum atomic E-state index is -0.208. The van der Waals surface area contributed by atoms with Crippen molar-refractivity contribution < 1.29 is 0 Å². The van der Waals surface area contributed by atoms with Crippen molar-refractivity contribution in [2.75, 3.05) is 0 Å². The lowest BCUT2D eigenvalue weighted by Gasteiger charge is -2.24. The molecule has 1 aromatic heterocycles. The summed E-state index contributed by atoms with van der Waals surface area (Å²) in [5, 5.41) is 17.4. The molecule has 0 saturated heterocycles. The Kier molecular flexibility index (Phi) is 3.57. The minimum absolute atomic E-state index is 0.00896. The van der Waals surface area contributed by atoms with Gasteiger partial charge in [-0.25, -0.2) is 9.97 Å². The first kappa shape index (κ1) is 12.1. The highest BCUT2D eigenvalue weighted by atomic mass is 15.0. The second-order valence-electron chi connectivity index (χ2n) is 3.80. The lowest BCUT2D eigenvalue weighted by Crippen LogP contribution is -2.28. The van der Waals surface area contributed by atoms with Gasteiger partial charge < -0.3 is 0 Å². The Morgan fingerprint density at radius 2 is 1.50 bits per heavy atom. The quantitative estimate of drug-likeness (QED) is 0.672. The van der Waals surface area contributed by atoms with Gasteiger partial charge in [0.25, 0.3) is 0 Å². The number of aromatic nitrogens is 3. The Labute approximate surface area is 95.6 Å². The second-order valence-corrected chi connectivity index (χ2v) is 3.80. The van der Waals surface area contributed by atoms with E-state index in [0.29, 0.717) is 5.82 Å². The smallest absolute Gasteiger partial charge is 0.204 e. The molecule has 0 amide bonds. The lowest BCUT2D eigenvalue weighted by atomic mass is 9.64. The number of rotatable bonds is 3. The van der Waals surface area contributed by atoms with Gasteiger partial charge in [-0.05, 0) is 5.31 Å². The predicted octanol–water partition coefficient (Wildman–Crippen LogP) is 0.263. The van der Waals surface area contributed by atoms with Crippen LogP contribution < -0.4 is 0 Å². The van der Waals surface area contributed by atoms with Gasteiger partial charge in [-0.15, -0.1) is 0 Å². The summed E-state index contributed by atoms with van der Waals surface area (Å²) in [4.78, 5) is 11.9. The molecule has 0 bridgehead atoms. The molecular formula is C10H12BN5. The average molecular weight is 213 g/mol. The van der Waals surface area contributed by atoms with Crippen molar-refractivity contribution in [3.8, 4) is 12.1 Å². The maximum atomic E-state index is 8.78. The molecule has 0 N–H and O–H groups in total. The van der Waals surface area contributed by atoms with Gasteiger partial charge in [0.15, 0.2) is 0 Å². The molecule has 5 nitrogen and oxygen atoms in total. The summed E-state index contributed by atoms with van der Waals surface area (Å²) in [5.74, 6) is 0.546. The Balaban J connectivity index is 3.35. The molecule has 0 aliphatic carbocycles. The first-order valence-corrected chi connectivity index (χ1v) is 5.16. The molecule has 6 heteroatoms. The third kappa shape index (κ3) is 2.17. The summed E-state index contributed by atoms with van der Waals surface area (Å²) in [5.41, 5.74) is 0. The van der Waals surface area contributed by atoms with E-state index in [9.17, 15) is 0 Å². The first-order valence-electron chi connectivity index (χ1n) is 5.16. The third-order valence-electron chi connectivity index (χ3n) is 2.94. The zero-order valence-electron chi connectivity index (χ0n) is 9.65. The van der Waals surface area contributed by atoms with Crippen molar-refractivity contribution in [2.24, 2.45) is 0 Å². The highest BCUT2D eigenvalue weighted by molar-refractivity contribution is 6.15. The van der Waals surface area contributed by atoms with Crippen LogP contribution in [0.15, 0.2) is 0 Å². The van der Waals surface area contributed by atoms with Crippen LogP contribution in [0.5, 0.6) is 0 Å². The van der Waals surface area contributed by atoms with Crippen molar-refractivity contribution in [3.63, 3.8) is 0 Å². The molecule has 16 heavy (non-hydrogen) atoms. The van der Waals surface area contributed by atoms with Crippen LogP contribution in [0, 0.1) is 22.7 Å². The maximum absolute atomic E-state index is 8.78. The summed E-state index contributed by atoms with van der Waals surface area (Å²) >= 11 is 0. The van der Waals surface area contributed by atoms with Crippen molar-refractivity contribution in [1.29, 1.82) is 10.5 Å². The van der Waals surface area contributed by atoms with Gasteiger partial charge in [0.1, 0.15) is 25.8 Å². The summed E-state index contributed by atoms with van der Waals surface area (Å²) in [6.07, 6.45) is 1.70. The topological polar surface area (TPSA) is 86.2 Å². The van der Waals surface area contributed by atoms with Gasteiger partial charge in [0.05, 0.1) is 0 Å². The number of hydrogen-bond donors (Lipinski definition) is 0. The van der Waals surface area contributed by atoms with Crippen LogP contribution in [0.4, 0.5) is 0 Å². The molecular weight excluding hydrogens is 201 g/mol. The second kappa shape index (κ2) is 4.72. The van der Waals surface area contributed by atoms with Gasteiger partial charge in [0.2, 0.25) is 11.6 Å². The van der Waals surface area contributed by atoms with Crippen LogP contribution >= 0.6 is 0 Å². The van der Waals surface area contributed by atoms with Crippen LogP contribution in [0.1, 0.15) is 44.2 Å². The molecule has 1 heterocycles. The average Bonchev–Trinajstić information content (AvgIpc) is 2.36. The van der Waals surface area contributed by atoms with Crippen LogP contribution in [0.25, 0.3) is 0 Å². The lowest BCUT2D eigenvalue weighted by molar-refractivity contribution is 0.524. The number of nitrogens with zero attached hydrogens (tertiary/aromatic N) is 5. The molecule has 0 aliphatic heterocycles. The summed E-state index contributed by atoms with van der Waals surface area (Å²) in [6.45, 7) is 4.07. The van der Waals surface area contributed by atoms with E-state index in [0.717, 1.165) is 12.8 Å². The summed E-state index contributed by atoms with van der Waals surface area (Å²) in [7, 11) is 2.02. The van der Waals surface area contributed by atoms with Gasteiger partial charge >= 0.3 is 0 Å². The Bertz CT molecular complexity index is 435. The Morgan fingerprint density at radius 1 is 1.06 bits per heavy atom. The van der Waals surface area contributed by atoms with Crippen LogP contribution in [0.2, 0.25) is 0 Å². The molecule has 0 atom stereocenters. The van der Waals surface area contributed by atoms with E-state index in [4.69, 9.17) is 10.5 Å². The zero-order chi connectivity index (χ0) is 12.2. The molecule has 0 radical (unpaired) electrons. The number of hydrogen-bond acceptors (Lipinski definition) is 5. The maximum Gasteiger partial charge on any atom is 0.236 e. The Hall–Kier alpha value is -1.95. The molecule has 0 saturated carbocycles. The molecule has 0 aromatic carbocycles. The standard InChI is InChI=1S/C10H12BN5/c1-3-10(11,4-2)9-15-7(5-12)14-8(6-13)16-9/h3-4,11H2,1-2H3. The first-order chi connectivity index (χ1) is 7.59. The van der Waals surface area contributed by atoms with Gasteiger partial charge in [-0.3, -0.25) is 0 Å². The molecule has 1 rings (SSSR count). The molecule has 0 spiro atoms. The van der Waals surface area contributed by atoms with Crippen LogP contribution in [-0.4, -0.2) is 22.8 Å². The minimum Gasteiger partial charge on any atom is -0.204 e. The van der Waals surface area contributed by atoms with Crippen molar-refractivity contribution >= 4 is 7.85 Å². The third-order valence-corrected chi connectivity index (χ3v) is 2.94. The SMILES string of the molecule is BC(CC)(CC)c1nc(C#N)nc(C#N)n1. The Morgan fingerprint density at radius 3 is 1.81 bits per heavy atom. The predicted molar refractivity (Wildman–Crippen MR) is 60.1 cm³/mol. The molecule has 0 unspecified atom stereocenters. The highest BCUT2D eigenvalue weighted by Gasteiger charge is 2.27. The molecule has 0 fully saturated rings. The van der Waals surface area contributed by atoms with Gasteiger partial charge in [0, 0.05) is 0 Å². The monoisotopic (exact) mass is 213 g/mol. The highest BCUT2D eigenvalue weighted by Crippen LogP contribution is 2.24. The number of nitriles is 2.